The molecule has 162 valence electrons. The van der Waals surface area contributed by atoms with Gasteiger partial charge >= 0.3 is 0 Å². The quantitative estimate of drug-likeness (QED) is 0.699. The zero-order valence-electron chi connectivity index (χ0n) is 17.9. The largest absolute Gasteiger partial charge is 0.502 e. The number of ether oxygens (including phenoxy) is 4. The van der Waals surface area contributed by atoms with Gasteiger partial charge in [-0.3, -0.25) is 4.79 Å². The highest BCUT2D eigenvalue weighted by Crippen LogP contribution is 2.36. The number of amides is 1. The normalized spacial score (nSPS) is 14.3. The van der Waals surface area contributed by atoms with Crippen molar-refractivity contribution in [2.24, 2.45) is 0 Å². The van der Waals surface area contributed by atoms with Crippen LogP contribution in [0.15, 0.2) is 30.3 Å². The van der Waals surface area contributed by atoms with Crippen molar-refractivity contribution in [2.45, 2.75) is 6.54 Å². The lowest BCUT2D eigenvalue weighted by Gasteiger charge is -2.32. The van der Waals surface area contributed by atoms with E-state index >= 15 is 0 Å². The Labute approximate surface area is 176 Å². The number of benzene rings is 2. The molecule has 0 radical (unpaired) electrons. The van der Waals surface area contributed by atoms with Crippen LogP contribution < -0.4 is 23.8 Å². The minimum Gasteiger partial charge on any atom is -0.502 e. The zero-order chi connectivity index (χ0) is 21.7. The number of carbonyl (C=O) groups excluding carboxylic acids is 1. The molecule has 2 aromatic carbocycles. The molecule has 1 aliphatic rings. The van der Waals surface area contributed by atoms with Crippen LogP contribution in [0.3, 0.4) is 0 Å². The SMILES string of the molecule is COc1cc(OC)cc(C(=O)N2CC[NH+](Cc3cc(OC)c(O)c(OC)c3)CC2)c1. The van der Waals surface area contributed by atoms with Gasteiger partial charge < -0.3 is 33.9 Å². The van der Waals surface area contributed by atoms with Crippen LogP contribution in [0, 0.1) is 0 Å². The minimum absolute atomic E-state index is 0.00267. The van der Waals surface area contributed by atoms with E-state index in [4.69, 9.17) is 18.9 Å². The average molecular weight is 417 g/mol. The molecule has 2 N–H and O–H groups in total. The number of aromatic hydroxyl groups is 1. The number of hydrogen-bond donors (Lipinski definition) is 2. The van der Waals surface area contributed by atoms with Crippen molar-refractivity contribution in [3.63, 3.8) is 0 Å². The van der Waals surface area contributed by atoms with E-state index in [1.807, 2.05) is 17.0 Å². The Hall–Kier alpha value is -3.13. The molecule has 1 amide bonds. The number of phenols is 1. The molecule has 2 aromatic rings. The first-order valence-corrected chi connectivity index (χ1v) is 9.78. The molecule has 1 saturated heterocycles. The number of nitrogens with one attached hydrogen (secondary N) is 1. The predicted molar refractivity (Wildman–Crippen MR) is 111 cm³/mol. The Morgan fingerprint density at radius 3 is 1.90 bits per heavy atom. The van der Waals surface area contributed by atoms with Crippen LogP contribution in [0.25, 0.3) is 0 Å². The second kappa shape index (κ2) is 9.58. The summed E-state index contributed by atoms with van der Waals surface area (Å²) in [6.45, 7) is 3.69. The highest BCUT2D eigenvalue weighted by Gasteiger charge is 2.26. The molecule has 0 unspecified atom stereocenters. The number of hydrogen-bond acceptors (Lipinski definition) is 6. The van der Waals surface area contributed by atoms with E-state index in [2.05, 4.69) is 0 Å². The van der Waals surface area contributed by atoms with Crippen LogP contribution >= 0.6 is 0 Å². The number of rotatable bonds is 7. The first-order valence-electron chi connectivity index (χ1n) is 9.78. The fourth-order valence-electron chi connectivity index (χ4n) is 3.65. The molecular weight excluding hydrogens is 388 g/mol. The van der Waals surface area contributed by atoms with Gasteiger partial charge in [-0.1, -0.05) is 0 Å². The Morgan fingerprint density at radius 2 is 1.43 bits per heavy atom. The predicted octanol–water partition coefficient (Wildman–Crippen LogP) is 0.968. The first kappa shape index (κ1) is 21.6. The lowest BCUT2D eigenvalue weighted by atomic mass is 10.1. The molecule has 1 aliphatic heterocycles. The van der Waals surface area contributed by atoms with Gasteiger partial charge in [0.2, 0.25) is 5.75 Å². The maximum Gasteiger partial charge on any atom is 0.254 e. The van der Waals surface area contributed by atoms with Crippen LogP contribution in [0.5, 0.6) is 28.7 Å². The van der Waals surface area contributed by atoms with Gasteiger partial charge in [0.1, 0.15) is 18.0 Å². The van der Waals surface area contributed by atoms with Crippen molar-refractivity contribution < 1.29 is 33.7 Å². The van der Waals surface area contributed by atoms with Crippen molar-refractivity contribution in [1.82, 2.24) is 4.90 Å². The molecule has 1 fully saturated rings. The molecule has 0 aromatic heterocycles. The summed E-state index contributed by atoms with van der Waals surface area (Å²) in [6.07, 6.45) is 0. The molecular formula is C22H29N2O6+. The smallest absolute Gasteiger partial charge is 0.254 e. The number of piperazine rings is 1. The van der Waals surface area contributed by atoms with Crippen LogP contribution in [0.4, 0.5) is 0 Å². The third-order valence-electron chi connectivity index (χ3n) is 5.35. The maximum absolute atomic E-state index is 13.0. The summed E-state index contributed by atoms with van der Waals surface area (Å²) in [5, 5.41) is 10.1. The summed E-state index contributed by atoms with van der Waals surface area (Å²) in [5.41, 5.74) is 1.57. The number of carbonyl (C=O) groups is 1. The molecule has 3 rings (SSSR count). The molecule has 0 saturated carbocycles. The van der Waals surface area contributed by atoms with Crippen molar-refractivity contribution in [3.05, 3.63) is 41.5 Å². The Kier molecular flexibility index (Phi) is 6.89. The van der Waals surface area contributed by atoms with E-state index in [9.17, 15) is 9.90 Å². The van der Waals surface area contributed by atoms with Crippen molar-refractivity contribution in [3.8, 4) is 28.7 Å². The monoisotopic (exact) mass is 417 g/mol. The third-order valence-corrected chi connectivity index (χ3v) is 5.35. The van der Waals surface area contributed by atoms with E-state index in [1.165, 1.54) is 19.1 Å². The van der Waals surface area contributed by atoms with Gasteiger partial charge in [-0.25, -0.2) is 0 Å². The Morgan fingerprint density at radius 1 is 0.900 bits per heavy atom. The summed E-state index contributed by atoms with van der Waals surface area (Å²) < 4.78 is 21.0. The number of nitrogens with zero attached hydrogens (tertiary/aromatic N) is 1. The maximum atomic E-state index is 13.0. The number of methoxy groups -OCH3 is 4. The highest BCUT2D eigenvalue weighted by molar-refractivity contribution is 5.95. The summed E-state index contributed by atoms with van der Waals surface area (Å²) in [5.74, 6) is 1.95. The first-order chi connectivity index (χ1) is 14.5. The molecule has 0 aliphatic carbocycles. The topological polar surface area (TPSA) is 81.9 Å². The van der Waals surface area contributed by atoms with Gasteiger partial charge in [0.15, 0.2) is 11.5 Å². The van der Waals surface area contributed by atoms with E-state index in [-0.39, 0.29) is 11.7 Å². The van der Waals surface area contributed by atoms with Crippen LogP contribution in [0.1, 0.15) is 15.9 Å². The van der Waals surface area contributed by atoms with Crippen molar-refractivity contribution >= 4 is 5.91 Å². The second-order valence-corrected chi connectivity index (χ2v) is 7.17. The fraction of sp³-hybridized carbons (Fsp3) is 0.409. The lowest BCUT2D eigenvalue weighted by molar-refractivity contribution is -0.917. The summed E-state index contributed by atoms with van der Waals surface area (Å²) in [6, 6.07) is 8.87. The summed E-state index contributed by atoms with van der Waals surface area (Å²) in [7, 11) is 6.17. The van der Waals surface area contributed by atoms with E-state index < -0.39 is 0 Å². The standard InChI is InChI=1S/C22H28N2O6/c1-27-17-11-16(12-18(13-17)28-2)22(26)24-7-5-23(6-8-24)14-15-9-19(29-3)21(25)20(10-15)30-4/h9-13,25H,5-8,14H2,1-4H3/p+1. The average Bonchev–Trinajstić information content (AvgIpc) is 2.79. The highest BCUT2D eigenvalue weighted by atomic mass is 16.5. The lowest BCUT2D eigenvalue weighted by Crippen LogP contribution is -3.13. The Balaban J connectivity index is 1.65. The van der Waals surface area contributed by atoms with Crippen LogP contribution in [-0.2, 0) is 6.54 Å². The molecule has 8 nitrogen and oxygen atoms in total. The molecule has 8 heteroatoms. The molecule has 0 spiro atoms. The van der Waals surface area contributed by atoms with Gasteiger partial charge in [-0.15, -0.1) is 0 Å². The molecule has 0 bridgehead atoms. The summed E-state index contributed by atoms with van der Waals surface area (Å²) in [4.78, 5) is 16.2. The number of phenolic OH excluding ortho intramolecular Hbond substituents is 1. The molecule has 1 heterocycles. The van der Waals surface area contributed by atoms with Gasteiger partial charge in [-0.05, 0) is 24.3 Å². The zero-order valence-corrected chi connectivity index (χ0v) is 17.9. The second-order valence-electron chi connectivity index (χ2n) is 7.17. The number of quaternary nitrogens is 1. The molecule has 0 atom stereocenters. The van der Waals surface area contributed by atoms with Gasteiger partial charge in [-0.2, -0.15) is 0 Å². The van der Waals surface area contributed by atoms with E-state index in [0.29, 0.717) is 41.7 Å². The minimum atomic E-state index is -0.0285. The van der Waals surface area contributed by atoms with Crippen molar-refractivity contribution in [1.29, 1.82) is 0 Å². The Bertz CT molecular complexity index is 846. The summed E-state index contributed by atoms with van der Waals surface area (Å²) >= 11 is 0. The van der Waals surface area contributed by atoms with Crippen LogP contribution in [0.2, 0.25) is 0 Å². The van der Waals surface area contributed by atoms with E-state index in [0.717, 1.165) is 25.2 Å². The van der Waals surface area contributed by atoms with Gasteiger partial charge in [0, 0.05) is 17.2 Å². The van der Waals surface area contributed by atoms with Crippen LogP contribution in [-0.4, -0.2) is 70.5 Å². The van der Waals surface area contributed by atoms with E-state index in [1.54, 1.807) is 32.4 Å². The van der Waals surface area contributed by atoms with Crippen molar-refractivity contribution in [2.75, 3.05) is 54.6 Å². The fourth-order valence-corrected chi connectivity index (χ4v) is 3.65. The molecule has 30 heavy (non-hydrogen) atoms. The van der Waals surface area contributed by atoms with Gasteiger partial charge in [0.25, 0.3) is 5.91 Å². The van der Waals surface area contributed by atoms with Gasteiger partial charge in [0.05, 0.1) is 54.6 Å². The third kappa shape index (κ3) is 4.71.